The number of nitrogens with zero attached hydrogens (tertiary/aromatic N) is 1. The Kier molecular flexibility index (Phi) is 6.24. The maximum atomic E-state index is 12.1. The van der Waals surface area contributed by atoms with E-state index < -0.39 is 0 Å². The lowest BCUT2D eigenvalue weighted by molar-refractivity contribution is -0.131. The van der Waals surface area contributed by atoms with Crippen molar-refractivity contribution in [2.24, 2.45) is 0 Å². The van der Waals surface area contributed by atoms with Crippen molar-refractivity contribution in [3.8, 4) is 0 Å². The summed E-state index contributed by atoms with van der Waals surface area (Å²) in [7, 11) is 1.65. The van der Waals surface area contributed by atoms with Crippen LogP contribution in [0.4, 0.5) is 5.69 Å². The predicted octanol–water partition coefficient (Wildman–Crippen LogP) is 3.55. The van der Waals surface area contributed by atoms with E-state index in [4.69, 9.17) is 0 Å². The fourth-order valence-electron chi connectivity index (χ4n) is 1.95. The van der Waals surface area contributed by atoms with E-state index >= 15 is 0 Å². The molecule has 2 aromatic rings. The lowest BCUT2D eigenvalue weighted by Gasteiger charge is -2.17. The molecule has 0 aliphatic heterocycles. The molecule has 0 radical (unpaired) electrons. The van der Waals surface area contributed by atoms with E-state index in [0.717, 1.165) is 21.0 Å². The third-order valence-corrected chi connectivity index (χ3v) is 5.42. The maximum Gasteiger partial charge on any atom is 0.243 e. The summed E-state index contributed by atoms with van der Waals surface area (Å²) in [5, 5.41) is 4.85. The SMILES string of the molecule is Cc1ccc(C)c(NC(=O)CN(C)C(=O)CSc2cccs2)c1. The van der Waals surface area contributed by atoms with Gasteiger partial charge in [-0.2, -0.15) is 0 Å². The van der Waals surface area contributed by atoms with Crippen molar-refractivity contribution in [3.63, 3.8) is 0 Å². The molecule has 0 aliphatic carbocycles. The van der Waals surface area contributed by atoms with Crippen molar-refractivity contribution in [2.75, 3.05) is 24.7 Å². The van der Waals surface area contributed by atoms with Crippen molar-refractivity contribution in [1.29, 1.82) is 0 Å². The number of benzene rings is 1. The molecule has 1 aromatic heterocycles. The van der Waals surface area contributed by atoms with Crippen LogP contribution in [0, 0.1) is 13.8 Å². The van der Waals surface area contributed by atoms with Crippen LogP contribution in [0.15, 0.2) is 39.9 Å². The average Bonchev–Trinajstić information content (AvgIpc) is 3.01. The predicted molar refractivity (Wildman–Crippen MR) is 97.2 cm³/mol. The van der Waals surface area contributed by atoms with Gasteiger partial charge in [0.25, 0.3) is 0 Å². The van der Waals surface area contributed by atoms with E-state index in [9.17, 15) is 9.59 Å². The number of rotatable bonds is 6. The van der Waals surface area contributed by atoms with Gasteiger partial charge in [-0.05, 0) is 42.5 Å². The molecule has 1 aromatic carbocycles. The van der Waals surface area contributed by atoms with Crippen molar-refractivity contribution in [3.05, 3.63) is 46.8 Å². The Morgan fingerprint density at radius 3 is 2.74 bits per heavy atom. The first-order chi connectivity index (χ1) is 11.0. The number of aryl methyl sites for hydroxylation is 2. The van der Waals surface area contributed by atoms with E-state index in [1.807, 2.05) is 49.6 Å². The number of thiophene rings is 1. The number of carbonyl (C=O) groups excluding carboxylic acids is 2. The second-order valence-corrected chi connectivity index (χ2v) is 7.56. The summed E-state index contributed by atoms with van der Waals surface area (Å²) < 4.78 is 1.10. The highest BCUT2D eigenvalue weighted by molar-refractivity contribution is 8.01. The van der Waals surface area contributed by atoms with Crippen LogP contribution in [-0.2, 0) is 9.59 Å². The molecular formula is C17H20N2O2S2. The minimum Gasteiger partial charge on any atom is -0.336 e. The molecule has 0 fully saturated rings. The quantitative estimate of drug-likeness (QED) is 0.812. The number of nitrogens with one attached hydrogen (secondary N) is 1. The molecule has 122 valence electrons. The monoisotopic (exact) mass is 348 g/mol. The molecule has 1 heterocycles. The van der Waals surface area contributed by atoms with Crippen molar-refractivity contribution in [2.45, 2.75) is 18.1 Å². The highest BCUT2D eigenvalue weighted by Gasteiger charge is 2.14. The third kappa shape index (κ3) is 5.41. The van der Waals surface area contributed by atoms with Gasteiger partial charge in [0.1, 0.15) is 0 Å². The van der Waals surface area contributed by atoms with E-state index in [0.29, 0.717) is 5.75 Å². The second-order valence-electron chi connectivity index (χ2n) is 5.34. The standard InChI is InChI=1S/C17H20N2O2S2/c1-12-6-7-13(2)14(9-12)18-15(20)10-19(3)16(21)11-23-17-5-4-8-22-17/h4-9H,10-11H2,1-3H3,(H,18,20). The zero-order chi connectivity index (χ0) is 16.8. The number of amides is 2. The topological polar surface area (TPSA) is 49.4 Å². The van der Waals surface area contributed by atoms with Gasteiger partial charge < -0.3 is 10.2 Å². The van der Waals surface area contributed by atoms with E-state index in [1.54, 1.807) is 18.4 Å². The van der Waals surface area contributed by atoms with Crippen LogP contribution in [0.1, 0.15) is 11.1 Å². The summed E-state index contributed by atoms with van der Waals surface area (Å²) in [5.74, 6) is 0.100. The molecule has 0 saturated heterocycles. The number of hydrogen-bond acceptors (Lipinski definition) is 4. The maximum absolute atomic E-state index is 12.1. The van der Waals surface area contributed by atoms with Crippen molar-refractivity contribution >= 4 is 40.6 Å². The van der Waals surface area contributed by atoms with Crippen molar-refractivity contribution < 1.29 is 9.59 Å². The fraction of sp³-hybridized carbons (Fsp3) is 0.294. The minimum atomic E-state index is -0.185. The molecule has 0 bridgehead atoms. The van der Waals surface area contributed by atoms with Crippen LogP contribution in [0.5, 0.6) is 0 Å². The molecular weight excluding hydrogens is 328 g/mol. The fourth-order valence-corrected chi connectivity index (χ4v) is 3.68. The first-order valence-corrected chi connectivity index (χ1v) is 9.09. The van der Waals surface area contributed by atoms with Crippen LogP contribution in [0.3, 0.4) is 0 Å². The molecule has 2 amide bonds. The van der Waals surface area contributed by atoms with Gasteiger partial charge in [0.05, 0.1) is 16.5 Å². The van der Waals surface area contributed by atoms with E-state index in [1.165, 1.54) is 16.7 Å². The average molecular weight is 348 g/mol. The lowest BCUT2D eigenvalue weighted by Crippen LogP contribution is -2.36. The minimum absolute atomic E-state index is 0.0528. The summed E-state index contributed by atoms with van der Waals surface area (Å²) in [5.41, 5.74) is 2.89. The Morgan fingerprint density at radius 2 is 2.04 bits per heavy atom. The van der Waals surface area contributed by atoms with Gasteiger partial charge in [0, 0.05) is 12.7 Å². The third-order valence-electron chi connectivity index (χ3n) is 3.31. The van der Waals surface area contributed by atoms with Gasteiger partial charge in [-0.15, -0.1) is 23.1 Å². The molecule has 2 rings (SSSR count). The summed E-state index contributed by atoms with van der Waals surface area (Å²) in [6.07, 6.45) is 0. The summed E-state index contributed by atoms with van der Waals surface area (Å²) in [6.45, 7) is 3.98. The Balaban J connectivity index is 1.84. The first-order valence-electron chi connectivity index (χ1n) is 7.23. The van der Waals surface area contributed by atoms with Crippen LogP contribution in [0.25, 0.3) is 0 Å². The van der Waals surface area contributed by atoms with Gasteiger partial charge in [-0.3, -0.25) is 9.59 Å². The van der Waals surface area contributed by atoms with Gasteiger partial charge >= 0.3 is 0 Å². The van der Waals surface area contributed by atoms with Gasteiger partial charge in [0.2, 0.25) is 11.8 Å². The molecule has 0 unspecified atom stereocenters. The van der Waals surface area contributed by atoms with Crippen LogP contribution < -0.4 is 5.32 Å². The van der Waals surface area contributed by atoms with Crippen LogP contribution in [0.2, 0.25) is 0 Å². The molecule has 0 atom stereocenters. The molecule has 6 heteroatoms. The van der Waals surface area contributed by atoms with Gasteiger partial charge in [0.15, 0.2) is 0 Å². The Bertz CT molecular complexity index is 684. The lowest BCUT2D eigenvalue weighted by atomic mass is 10.1. The molecule has 4 nitrogen and oxygen atoms in total. The summed E-state index contributed by atoms with van der Waals surface area (Å²) >= 11 is 3.10. The second kappa shape index (κ2) is 8.17. The number of anilines is 1. The zero-order valence-corrected chi connectivity index (χ0v) is 15.1. The molecule has 23 heavy (non-hydrogen) atoms. The zero-order valence-electron chi connectivity index (χ0n) is 13.5. The van der Waals surface area contributed by atoms with Crippen LogP contribution in [-0.4, -0.2) is 36.1 Å². The smallest absolute Gasteiger partial charge is 0.243 e. The van der Waals surface area contributed by atoms with E-state index in [2.05, 4.69) is 5.32 Å². The van der Waals surface area contributed by atoms with Gasteiger partial charge in [-0.25, -0.2) is 0 Å². The molecule has 0 spiro atoms. The molecule has 0 aliphatic rings. The largest absolute Gasteiger partial charge is 0.336 e. The Hall–Kier alpha value is -1.79. The normalized spacial score (nSPS) is 10.4. The number of likely N-dealkylation sites (N-methyl/N-ethyl adjacent to an activating group) is 1. The Labute approximate surface area is 144 Å². The Morgan fingerprint density at radius 1 is 1.26 bits per heavy atom. The molecule has 0 saturated carbocycles. The van der Waals surface area contributed by atoms with E-state index in [-0.39, 0.29) is 18.4 Å². The number of hydrogen-bond donors (Lipinski definition) is 1. The first kappa shape index (κ1) is 17.6. The molecule has 1 N–H and O–H groups in total. The van der Waals surface area contributed by atoms with Crippen molar-refractivity contribution in [1.82, 2.24) is 4.90 Å². The number of thioether (sulfide) groups is 1. The highest BCUT2D eigenvalue weighted by atomic mass is 32.2. The summed E-state index contributed by atoms with van der Waals surface area (Å²) in [6, 6.07) is 9.84. The summed E-state index contributed by atoms with van der Waals surface area (Å²) in [4.78, 5) is 25.7. The number of carbonyl (C=O) groups is 2. The van der Waals surface area contributed by atoms with Gasteiger partial charge in [-0.1, -0.05) is 18.2 Å². The van der Waals surface area contributed by atoms with Crippen LogP contribution >= 0.6 is 23.1 Å². The highest BCUT2D eigenvalue weighted by Crippen LogP contribution is 2.23.